The van der Waals surface area contributed by atoms with Gasteiger partial charge in [-0.25, -0.2) is 9.78 Å². The summed E-state index contributed by atoms with van der Waals surface area (Å²) in [5.41, 5.74) is -0.335. The molecule has 0 saturated carbocycles. The fourth-order valence-corrected chi connectivity index (χ4v) is 2.83. The van der Waals surface area contributed by atoms with Gasteiger partial charge >= 0.3 is 5.97 Å². The van der Waals surface area contributed by atoms with Crippen LogP contribution in [0.3, 0.4) is 0 Å². The van der Waals surface area contributed by atoms with Crippen LogP contribution < -0.4 is 4.74 Å². The van der Waals surface area contributed by atoms with Crippen molar-refractivity contribution in [3.05, 3.63) is 59.8 Å². The van der Waals surface area contributed by atoms with Gasteiger partial charge in [-0.2, -0.15) is 0 Å². The Kier molecular flexibility index (Phi) is 5.18. The number of rotatable bonds is 5. The Hall–Kier alpha value is -2.93. The lowest BCUT2D eigenvalue weighted by Gasteiger charge is -2.35. The lowest BCUT2D eigenvalue weighted by atomic mass is 9.91. The number of hydrogen-bond acceptors (Lipinski definition) is 5. The molecule has 2 N–H and O–H groups in total. The molecular formula is C19H20N2O5. The van der Waals surface area contributed by atoms with Gasteiger partial charge in [-0.3, -0.25) is 4.79 Å². The fraction of sp³-hybridized carbons (Fsp3) is 0.316. The normalized spacial score (nSPS) is 16.1. The van der Waals surface area contributed by atoms with Crippen LogP contribution in [0, 0.1) is 0 Å². The molecule has 1 amide bonds. The molecule has 1 aliphatic rings. The number of aliphatic hydroxyl groups is 1. The van der Waals surface area contributed by atoms with Gasteiger partial charge in [0.15, 0.2) is 5.60 Å². The van der Waals surface area contributed by atoms with Crippen LogP contribution >= 0.6 is 0 Å². The molecule has 1 saturated heterocycles. The quantitative estimate of drug-likeness (QED) is 0.846. The molecule has 3 rings (SSSR count). The van der Waals surface area contributed by atoms with Crippen LogP contribution in [-0.4, -0.2) is 50.7 Å². The van der Waals surface area contributed by atoms with Gasteiger partial charge in [-0.05, 0) is 11.6 Å². The monoisotopic (exact) mass is 356 g/mol. The van der Waals surface area contributed by atoms with Gasteiger partial charge in [0.1, 0.15) is 6.61 Å². The van der Waals surface area contributed by atoms with E-state index in [-0.39, 0.29) is 31.8 Å². The number of carbonyl (C=O) groups is 2. The summed E-state index contributed by atoms with van der Waals surface area (Å²) in [4.78, 5) is 29.4. The zero-order chi connectivity index (χ0) is 18.6. The number of nitrogens with zero attached hydrogens (tertiary/aromatic N) is 2. The Labute approximate surface area is 150 Å². The van der Waals surface area contributed by atoms with Crippen molar-refractivity contribution in [1.29, 1.82) is 0 Å². The molecule has 0 spiro atoms. The minimum absolute atomic E-state index is 0.0104. The summed E-state index contributed by atoms with van der Waals surface area (Å²) in [6.45, 7) is 0.717. The van der Waals surface area contributed by atoms with Crippen molar-refractivity contribution in [1.82, 2.24) is 9.88 Å². The van der Waals surface area contributed by atoms with Crippen molar-refractivity contribution >= 4 is 11.9 Å². The number of piperidine rings is 1. The summed E-state index contributed by atoms with van der Waals surface area (Å²) in [6.07, 6.45) is 1.53. The molecule has 1 fully saturated rings. The second kappa shape index (κ2) is 7.53. The summed E-state index contributed by atoms with van der Waals surface area (Å²) in [7, 11) is 0. The number of aromatic nitrogens is 1. The van der Waals surface area contributed by atoms with Crippen LogP contribution in [0.4, 0.5) is 0 Å². The lowest BCUT2D eigenvalue weighted by Crippen LogP contribution is -2.50. The van der Waals surface area contributed by atoms with Gasteiger partial charge in [0.25, 0.3) is 5.91 Å². The van der Waals surface area contributed by atoms with E-state index in [1.54, 1.807) is 12.1 Å². The largest absolute Gasteiger partial charge is 0.479 e. The summed E-state index contributed by atoms with van der Waals surface area (Å²) in [5.74, 6) is -1.13. The van der Waals surface area contributed by atoms with Crippen molar-refractivity contribution in [3.8, 4) is 5.88 Å². The van der Waals surface area contributed by atoms with Crippen molar-refractivity contribution in [2.24, 2.45) is 0 Å². The van der Waals surface area contributed by atoms with E-state index in [0.29, 0.717) is 18.1 Å². The number of ether oxygens (including phenoxy) is 1. The molecule has 0 bridgehead atoms. The third kappa shape index (κ3) is 4.00. The third-order valence-corrected chi connectivity index (χ3v) is 4.49. The average Bonchev–Trinajstić information content (AvgIpc) is 2.67. The highest BCUT2D eigenvalue weighted by Gasteiger charge is 2.40. The fourth-order valence-electron chi connectivity index (χ4n) is 2.83. The molecule has 0 unspecified atom stereocenters. The molecular weight excluding hydrogens is 336 g/mol. The smallest absolute Gasteiger partial charge is 0.335 e. The van der Waals surface area contributed by atoms with Crippen molar-refractivity contribution in [3.63, 3.8) is 0 Å². The molecule has 0 aliphatic carbocycles. The Balaban J connectivity index is 1.63. The van der Waals surface area contributed by atoms with Crippen LogP contribution in [0.25, 0.3) is 0 Å². The average molecular weight is 356 g/mol. The highest BCUT2D eigenvalue weighted by atomic mass is 16.5. The molecule has 1 aromatic heterocycles. The van der Waals surface area contributed by atoms with Gasteiger partial charge in [-0.1, -0.05) is 30.3 Å². The molecule has 136 valence electrons. The summed E-state index contributed by atoms with van der Waals surface area (Å²) >= 11 is 0. The highest BCUT2D eigenvalue weighted by molar-refractivity contribution is 5.94. The molecule has 1 aliphatic heterocycles. The van der Waals surface area contributed by atoms with Crippen LogP contribution in [-0.2, 0) is 11.4 Å². The zero-order valence-corrected chi connectivity index (χ0v) is 14.2. The van der Waals surface area contributed by atoms with Crippen LogP contribution in [0.15, 0.2) is 48.7 Å². The van der Waals surface area contributed by atoms with Crippen molar-refractivity contribution in [2.75, 3.05) is 13.1 Å². The number of carboxylic acids is 1. The molecule has 7 nitrogen and oxygen atoms in total. The second-order valence-electron chi connectivity index (χ2n) is 6.29. The molecule has 0 atom stereocenters. The minimum Gasteiger partial charge on any atom is -0.479 e. The third-order valence-electron chi connectivity index (χ3n) is 4.49. The number of amides is 1. The van der Waals surface area contributed by atoms with E-state index in [4.69, 9.17) is 9.84 Å². The Morgan fingerprint density at radius 3 is 2.50 bits per heavy atom. The maximum Gasteiger partial charge on any atom is 0.335 e. The van der Waals surface area contributed by atoms with Gasteiger partial charge in [-0.15, -0.1) is 0 Å². The number of carbonyl (C=O) groups excluding carboxylic acids is 1. The standard InChI is InChI=1S/C19H20N2O5/c22-17(21-10-7-19(25,8-11-21)18(23)24)15-6-9-20-16(12-15)26-13-14-4-2-1-3-5-14/h1-6,9,12,25H,7-8,10-11,13H2,(H,23,24). The Morgan fingerprint density at radius 1 is 1.15 bits per heavy atom. The Morgan fingerprint density at radius 2 is 1.85 bits per heavy atom. The molecule has 0 radical (unpaired) electrons. The lowest BCUT2D eigenvalue weighted by molar-refractivity contribution is -0.162. The SMILES string of the molecule is O=C(c1ccnc(OCc2ccccc2)c1)N1CCC(O)(C(=O)O)CC1. The van der Waals surface area contributed by atoms with Crippen molar-refractivity contribution < 1.29 is 24.5 Å². The first kappa shape index (κ1) is 17.9. The van der Waals surface area contributed by atoms with Crippen LogP contribution in [0.2, 0.25) is 0 Å². The zero-order valence-electron chi connectivity index (χ0n) is 14.2. The summed E-state index contributed by atoms with van der Waals surface area (Å²) < 4.78 is 5.64. The van der Waals surface area contributed by atoms with E-state index in [2.05, 4.69) is 4.98 Å². The summed E-state index contributed by atoms with van der Waals surface area (Å²) in [5, 5.41) is 19.0. The molecule has 26 heavy (non-hydrogen) atoms. The molecule has 7 heteroatoms. The number of benzene rings is 1. The van der Waals surface area contributed by atoms with Crippen LogP contribution in [0.5, 0.6) is 5.88 Å². The van der Waals surface area contributed by atoms with E-state index in [9.17, 15) is 14.7 Å². The minimum atomic E-state index is -1.75. The number of carboxylic acid groups (broad SMARTS) is 1. The first-order chi connectivity index (χ1) is 12.5. The second-order valence-corrected chi connectivity index (χ2v) is 6.29. The van der Waals surface area contributed by atoms with Gasteiger partial charge in [0, 0.05) is 43.8 Å². The number of likely N-dealkylation sites (tertiary alicyclic amines) is 1. The topological polar surface area (TPSA) is 100.0 Å². The predicted molar refractivity (Wildman–Crippen MR) is 92.7 cm³/mol. The first-order valence-electron chi connectivity index (χ1n) is 8.36. The number of pyridine rings is 1. The van der Waals surface area contributed by atoms with Crippen molar-refractivity contribution in [2.45, 2.75) is 25.0 Å². The van der Waals surface area contributed by atoms with E-state index in [1.807, 2.05) is 30.3 Å². The van der Waals surface area contributed by atoms with E-state index < -0.39 is 11.6 Å². The Bertz CT molecular complexity index is 786. The molecule has 2 heterocycles. The molecule has 2 aromatic rings. The summed E-state index contributed by atoms with van der Waals surface area (Å²) in [6, 6.07) is 12.8. The highest BCUT2D eigenvalue weighted by Crippen LogP contribution is 2.24. The van der Waals surface area contributed by atoms with Gasteiger partial charge in [0.2, 0.25) is 5.88 Å². The van der Waals surface area contributed by atoms with E-state index in [1.165, 1.54) is 11.1 Å². The first-order valence-corrected chi connectivity index (χ1v) is 8.36. The number of hydrogen-bond donors (Lipinski definition) is 2. The maximum atomic E-state index is 12.6. The number of aliphatic carboxylic acids is 1. The van der Waals surface area contributed by atoms with Crippen LogP contribution in [0.1, 0.15) is 28.8 Å². The van der Waals surface area contributed by atoms with Gasteiger partial charge in [0.05, 0.1) is 0 Å². The van der Waals surface area contributed by atoms with E-state index >= 15 is 0 Å². The predicted octanol–water partition coefficient (Wildman–Crippen LogP) is 1.71. The van der Waals surface area contributed by atoms with Gasteiger partial charge < -0.3 is 19.8 Å². The van der Waals surface area contributed by atoms with E-state index in [0.717, 1.165) is 5.56 Å². The molecule has 1 aromatic carbocycles. The maximum absolute atomic E-state index is 12.6.